The number of amides is 1. The molecule has 384 valence electrons. The van der Waals surface area contributed by atoms with Crippen LogP contribution < -0.4 is 20.8 Å². The number of benzene rings is 3. The number of hydrogen-bond acceptors (Lipinski definition) is 9. The monoisotopic (exact) mass is 990 g/mol. The van der Waals surface area contributed by atoms with Crippen LogP contribution in [0.2, 0.25) is 0 Å². The number of piperidine rings is 1. The van der Waals surface area contributed by atoms with Crippen molar-refractivity contribution in [3.05, 3.63) is 151 Å². The lowest BCUT2D eigenvalue weighted by Gasteiger charge is -2.45. The standard InChI is InChI=1S/C61H84N9OP/c1-11-15-24-52(14-4)65(10)60(71)53-41-56(72)55(40-49(53)13-3)69-34-32-67(33-35-69)43-47-25-28-68(29-26-47)46(7)61(8,9)44(5)38-48-20-19-23-51(39-48)54-42-57(70-36-30-66(27-12-2)31-37-70)64-59(63-54)58(45(6)62)50-21-17-16-18-22-50/h11,13-14,16-23,39-42,44,47,52H,1,3-4,7,12,15,24-38,43,62,72H2,2,5-6,8-10H3/b58-45-. The lowest BCUT2D eigenvalue weighted by molar-refractivity contribution is 0.0755. The van der Waals surface area contributed by atoms with Gasteiger partial charge in [0.1, 0.15) is 5.82 Å². The van der Waals surface area contributed by atoms with Crippen LogP contribution in [0.3, 0.4) is 0 Å². The fourth-order valence-electron chi connectivity index (χ4n) is 10.9. The third-order valence-electron chi connectivity index (χ3n) is 16.0. The number of hydrogen-bond donors (Lipinski definition) is 1. The Labute approximate surface area is 435 Å². The molecule has 3 aromatic carbocycles. The van der Waals surface area contributed by atoms with Gasteiger partial charge in [-0.25, -0.2) is 9.97 Å². The van der Waals surface area contributed by atoms with E-state index in [0.717, 1.165) is 149 Å². The van der Waals surface area contributed by atoms with Crippen LogP contribution in [-0.4, -0.2) is 127 Å². The highest BCUT2D eigenvalue weighted by atomic mass is 31.0. The Kier molecular flexibility index (Phi) is 18.8. The summed E-state index contributed by atoms with van der Waals surface area (Å²) < 4.78 is 0. The van der Waals surface area contributed by atoms with Gasteiger partial charge in [-0.2, -0.15) is 0 Å². The molecule has 0 spiro atoms. The number of carbonyl (C=O) groups excluding carboxylic acids is 1. The molecule has 11 heteroatoms. The van der Waals surface area contributed by atoms with E-state index in [1.165, 1.54) is 24.1 Å². The number of likely N-dealkylation sites (N-methyl/N-ethyl adjacent to an activating group) is 1. The average molecular weight is 990 g/mol. The second kappa shape index (κ2) is 24.9. The highest BCUT2D eigenvalue weighted by molar-refractivity contribution is 7.28. The van der Waals surface area contributed by atoms with Crippen LogP contribution in [0.25, 0.3) is 22.9 Å². The van der Waals surface area contributed by atoms with Crippen molar-refractivity contribution in [2.24, 2.45) is 23.0 Å². The Morgan fingerprint density at radius 3 is 2.21 bits per heavy atom. The first-order valence-electron chi connectivity index (χ1n) is 26.6. The van der Waals surface area contributed by atoms with Crippen molar-refractivity contribution >= 4 is 43.6 Å². The maximum atomic E-state index is 13.7. The number of nitrogens with zero attached hydrogens (tertiary/aromatic N) is 8. The van der Waals surface area contributed by atoms with Gasteiger partial charge in [0.15, 0.2) is 5.82 Å². The van der Waals surface area contributed by atoms with E-state index >= 15 is 0 Å². The lowest BCUT2D eigenvalue weighted by atomic mass is 9.73. The fourth-order valence-corrected chi connectivity index (χ4v) is 11.4. The van der Waals surface area contributed by atoms with Crippen LogP contribution in [-0.2, 0) is 6.42 Å². The van der Waals surface area contributed by atoms with E-state index in [4.69, 9.17) is 22.3 Å². The van der Waals surface area contributed by atoms with Gasteiger partial charge in [0.2, 0.25) is 0 Å². The predicted octanol–water partition coefficient (Wildman–Crippen LogP) is 10.4. The molecule has 0 saturated carbocycles. The second-order valence-electron chi connectivity index (χ2n) is 21.2. The van der Waals surface area contributed by atoms with Gasteiger partial charge in [0.25, 0.3) is 5.91 Å². The highest BCUT2D eigenvalue weighted by Gasteiger charge is 2.35. The third-order valence-corrected chi connectivity index (χ3v) is 16.5. The zero-order chi connectivity index (χ0) is 51.5. The van der Waals surface area contributed by atoms with Crippen LogP contribution in [0.4, 0.5) is 11.5 Å². The summed E-state index contributed by atoms with van der Waals surface area (Å²) in [6.45, 7) is 40.3. The van der Waals surface area contributed by atoms with Gasteiger partial charge in [-0.3, -0.25) is 14.6 Å². The highest BCUT2D eigenvalue weighted by Crippen LogP contribution is 2.40. The molecule has 4 heterocycles. The molecule has 4 aromatic rings. The quantitative estimate of drug-likeness (QED) is 0.0648. The Hall–Kier alpha value is -5.54. The molecular formula is C61H84N9OP. The molecule has 2 N–H and O–H groups in total. The maximum absolute atomic E-state index is 13.7. The summed E-state index contributed by atoms with van der Waals surface area (Å²) in [4.78, 5) is 38.6. The van der Waals surface area contributed by atoms with Crippen LogP contribution in [0, 0.1) is 17.3 Å². The van der Waals surface area contributed by atoms with Gasteiger partial charge in [-0.15, -0.1) is 22.4 Å². The van der Waals surface area contributed by atoms with Gasteiger partial charge in [-0.1, -0.05) is 108 Å². The molecule has 1 aromatic heterocycles. The van der Waals surface area contributed by atoms with E-state index < -0.39 is 0 Å². The van der Waals surface area contributed by atoms with Gasteiger partial charge >= 0.3 is 0 Å². The van der Waals surface area contributed by atoms with Crippen LogP contribution in [0.5, 0.6) is 0 Å². The number of piperazine rings is 2. The molecule has 3 aliphatic heterocycles. The van der Waals surface area contributed by atoms with Crippen molar-refractivity contribution in [3.63, 3.8) is 0 Å². The number of allylic oxidation sites excluding steroid dienone is 3. The maximum Gasteiger partial charge on any atom is 0.254 e. The van der Waals surface area contributed by atoms with Crippen molar-refractivity contribution in [1.82, 2.24) is 29.6 Å². The SMILES string of the molecule is C=CCCC(C=C)N(C)C(=O)c1cc(P)c(N2CCN(CC3CCN(C(=C)C(C)(C)C(C)Cc4cccc(-c5cc(N6CCN(CCC)CC6)nc(/C(=C(/C)N)c6ccccc6)n5)c4)CC3)CC2)cc1C=C. The minimum atomic E-state index is -0.0922. The molecule has 1 amide bonds. The first-order valence-corrected chi connectivity index (χ1v) is 27.2. The topological polar surface area (TPSA) is 88.3 Å². The van der Waals surface area contributed by atoms with Crippen molar-refractivity contribution in [3.8, 4) is 11.3 Å². The first kappa shape index (κ1) is 54.2. The van der Waals surface area contributed by atoms with E-state index in [1.54, 1.807) is 4.90 Å². The Morgan fingerprint density at radius 2 is 1.57 bits per heavy atom. The molecule has 7 rings (SSSR count). The molecule has 10 nitrogen and oxygen atoms in total. The number of aromatic nitrogens is 2. The molecule has 3 atom stereocenters. The summed E-state index contributed by atoms with van der Waals surface area (Å²) in [6.07, 6.45) is 11.6. The zero-order valence-corrected chi connectivity index (χ0v) is 45.7. The summed E-state index contributed by atoms with van der Waals surface area (Å²) >= 11 is 0. The van der Waals surface area contributed by atoms with Crippen molar-refractivity contribution < 1.29 is 4.79 Å². The normalized spacial score (nSPS) is 17.5. The van der Waals surface area contributed by atoms with Gasteiger partial charge in [-0.05, 0) is 104 Å². The summed E-state index contributed by atoms with van der Waals surface area (Å²) in [6, 6.07) is 25.6. The van der Waals surface area contributed by atoms with E-state index in [9.17, 15) is 4.79 Å². The molecule has 0 aliphatic carbocycles. The largest absolute Gasteiger partial charge is 0.402 e. The second-order valence-corrected chi connectivity index (χ2v) is 21.8. The average Bonchev–Trinajstić information content (AvgIpc) is 3.39. The Bertz CT molecular complexity index is 2540. The van der Waals surface area contributed by atoms with Gasteiger partial charge in [0, 0.05) is 130 Å². The minimum Gasteiger partial charge on any atom is -0.402 e. The fraction of sp³-hybridized carbons (Fsp3) is 0.459. The van der Waals surface area contributed by atoms with Crippen molar-refractivity contribution in [2.45, 2.75) is 79.2 Å². The molecule has 0 radical (unpaired) electrons. The number of nitrogens with two attached hydrogens (primary N) is 1. The third kappa shape index (κ3) is 13.0. The summed E-state index contributed by atoms with van der Waals surface area (Å²) in [5.74, 6) is 2.63. The Morgan fingerprint density at radius 1 is 0.889 bits per heavy atom. The first-order chi connectivity index (χ1) is 34.6. The van der Waals surface area contributed by atoms with Gasteiger partial charge in [0.05, 0.1) is 5.69 Å². The molecule has 72 heavy (non-hydrogen) atoms. The van der Waals surface area contributed by atoms with Crippen molar-refractivity contribution in [2.75, 3.05) is 95.4 Å². The molecule has 3 saturated heterocycles. The zero-order valence-electron chi connectivity index (χ0n) is 44.6. The summed E-state index contributed by atoms with van der Waals surface area (Å²) in [7, 11) is 4.75. The minimum absolute atomic E-state index is 0.0160. The lowest BCUT2D eigenvalue weighted by Crippen LogP contribution is -2.49. The van der Waals surface area contributed by atoms with Crippen molar-refractivity contribution in [1.29, 1.82) is 0 Å². The molecule has 3 unspecified atom stereocenters. The predicted molar refractivity (Wildman–Crippen MR) is 309 cm³/mol. The van der Waals surface area contributed by atoms with Crippen LogP contribution in [0.1, 0.15) is 99.6 Å². The Balaban J connectivity index is 0.950. The van der Waals surface area contributed by atoms with E-state index in [2.05, 4.69) is 130 Å². The number of likely N-dealkylation sites (tertiary alicyclic amines) is 1. The molecule has 3 fully saturated rings. The number of rotatable bonds is 21. The van der Waals surface area contributed by atoms with E-state index in [1.807, 2.05) is 56.5 Å². The number of anilines is 2. The smallest absolute Gasteiger partial charge is 0.254 e. The molecule has 3 aliphatic rings. The summed E-state index contributed by atoms with van der Waals surface area (Å²) in [5.41, 5.74) is 16.4. The summed E-state index contributed by atoms with van der Waals surface area (Å²) in [5, 5.41) is 1.04. The number of carbonyl (C=O) groups is 1. The molecule has 0 bridgehead atoms. The van der Waals surface area contributed by atoms with E-state index in [-0.39, 0.29) is 17.4 Å². The van der Waals surface area contributed by atoms with Gasteiger partial charge < -0.3 is 25.3 Å². The van der Waals surface area contributed by atoms with Crippen LogP contribution >= 0.6 is 9.24 Å². The molecular weight excluding hydrogens is 906 g/mol. The van der Waals surface area contributed by atoms with Crippen LogP contribution in [0.15, 0.2) is 123 Å². The van der Waals surface area contributed by atoms with E-state index in [0.29, 0.717) is 28.9 Å².